The summed E-state index contributed by atoms with van der Waals surface area (Å²) in [5, 5.41) is 5.67. The molecule has 2 atom stereocenters. The topological polar surface area (TPSA) is 32.3 Å². The lowest BCUT2D eigenvalue weighted by Crippen LogP contribution is -2.45. The van der Waals surface area contributed by atoms with Crippen LogP contribution in [0, 0.1) is 6.92 Å². The molecule has 3 aromatic rings. The summed E-state index contributed by atoms with van der Waals surface area (Å²) >= 11 is 1.72. The third-order valence-corrected chi connectivity index (χ3v) is 6.12. The van der Waals surface area contributed by atoms with Crippen LogP contribution >= 0.6 is 11.3 Å². The van der Waals surface area contributed by atoms with Gasteiger partial charge in [-0.2, -0.15) is 0 Å². The molecule has 2 aromatic carbocycles. The van der Waals surface area contributed by atoms with Gasteiger partial charge in [0.2, 0.25) is 5.91 Å². The molecule has 0 fully saturated rings. The zero-order valence-corrected chi connectivity index (χ0v) is 16.5. The number of carbonyl (C=O) groups is 1. The van der Waals surface area contributed by atoms with Gasteiger partial charge in [-0.3, -0.25) is 10.1 Å². The standard InChI is InChI=1S/C23H24N2OS/c1-16-9-11-19(12-10-16)22(21-8-5-15-27-21)24-17(2)23(26)25-14-13-18-6-3-4-7-20(18)25/h3-12,15,17,22,24H,13-14H2,1-2H3/t17-,22+/m1/s1. The van der Waals surface area contributed by atoms with Gasteiger partial charge < -0.3 is 4.90 Å². The molecule has 1 N–H and O–H groups in total. The molecular formula is C23H24N2OS. The fourth-order valence-electron chi connectivity index (χ4n) is 3.68. The van der Waals surface area contributed by atoms with Crippen molar-refractivity contribution in [1.29, 1.82) is 0 Å². The number of rotatable bonds is 5. The molecule has 4 heteroatoms. The van der Waals surface area contributed by atoms with Gasteiger partial charge in [-0.1, -0.05) is 54.1 Å². The van der Waals surface area contributed by atoms with Crippen molar-refractivity contribution in [3.8, 4) is 0 Å². The van der Waals surface area contributed by atoms with E-state index in [2.05, 4.69) is 60.1 Å². The van der Waals surface area contributed by atoms with E-state index in [-0.39, 0.29) is 18.0 Å². The fourth-order valence-corrected chi connectivity index (χ4v) is 4.49. The summed E-state index contributed by atoms with van der Waals surface area (Å²) in [6.07, 6.45) is 0.931. The first kappa shape index (κ1) is 18.0. The maximum absolute atomic E-state index is 13.2. The third kappa shape index (κ3) is 3.68. The van der Waals surface area contributed by atoms with E-state index in [1.54, 1.807) is 11.3 Å². The van der Waals surface area contributed by atoms with E-state index in [0.29, 0.717) is 0 Å². The van der Waals surface area contributed by atoms with Crippen molar-refractivity contribution >= 4 is 22.9 Å². The lowest BCUT2D eigenvalue weighted by molar-refractivity contribution is -0.120. The Morgan fingerprint density at radius 1 is 1.07 bits per heavy atom. The van der Waals surface area contributed by atoms with Crippen LogP contribution in [0.15, 0.2) is 66.0 Å². The second kappa shape index (κ2) is 7.67. The zero-order valence-electron chi connectivity index (χ0n) is 15.7. The van der Waals surface area contributed by atoms with E-state index >= 15 is 0 Å². The van der Waals surface area contributed by atoms with E-state index in [4.69, 9.17) is 0 Å². The minimum Gasteiger partial charge on any atom is -0.310 e. The highest BCUT2D eigenvalue weighted by atomic mass is 32.1. The monoisotopic (exact) mass is 376 g/mol. The number of anilines is 1. The van der Waals surface area contributed by atoms with Crippen molar-refractivity contribution in [2.24, 2.45) is 0 Å². The van der Waals surface area contributed by atoms with Crippen LogP contribution in [0.25, 0.3) is 0 Å². The molecule has 2 heterocycles. The molecule has 27 heavy (non-hydrogen) atoms. The molecule has 0 radical (unpaired) electrons. The maximum Gasteiger partial charge on any atom is 0.243 e. The number of hydrogen-bond acceptors (Lipinski definition) is 3. The molecule has 1 amide bonds. The zero-order chi connectivity index (χ0) is 18.8. The Hall–Kier alpha value is -2.43. The van der Waals surface area contributed by atoms with E-state index in [1.165, 1.54) is 21.6 Å². The summed E-state index contributed by atoms with van der Waals surface area (Å²) in [5.74, 6) is 0.133. The summed E-state index contributed by atoms with van der Waals surface area (Å²) in [6, 6.07) is 20.7. The van der Waals surface area contributed by atoms with E-state index in [9.17, 15) is 4.79 Å². The number of nitrogens with zero attached hydrogens (tertiary/aromatic N) is 1. The molecule has 0 saturated carbocycles. The number of benzene rings is 2. The summed E-state index contributed by atoms with van der Waals surface area (Å²) in [4.78, 5) is 16.3. The fraction of sp³-hybridized carbons (Fsp3) is 0.261. The van der Waals surface area contributed by atoms with Gasteiger partial charge in [-0.25, -0.2) is 0 Å². The molecule has 138 valence electrons. The summed E-state index contributed by atoms with van der Waals surface area (Å²) in [5.41, 5.74) is 4.73. The second-order valence-corrected chi connectivity index (χ2v) is 8.10. The van der Waals surface area contributed by atoms with Crippen molar-refractivity contribution < 1.29 is 4.79 Å². The van der Waals surface area contributed by atoms with Crippen LogP contribution in [0.4, 0.5) is 5.69 Å². The number of hydrogen-bond donors (Lipinski definition) is 1. The van der Waals surface area contributed by atoms with E-state index in [0.717, 1.165) is 18.7 Å². The third-order valence-electron chi connectivity index (χ3n) is 5.18. The van der Waals surface area contributed by atoms with Crippen LogP contribution in [0.3, 0.4) is 0 Å². The Bertz CT molecular complexity index is 918. The molecule has 0 saturated heterocycles. The van der Waals surface area contributed by atoms with Gasteiger partial charge in [-0.05, 0) is 48.9 Å². The summed E-state index contributed by atoms with van der Waals surface area (Å²) < 4.78 is 0. The number of nitrogens with one attached hydrogen (secondary N) is 1. The smallest absolute Gasteiger partial charge is 0.243 e. The van der Waals surface area contributed by atoms with Gasteiger partial charge in [0.05, 0.1) is 12.1 Å². The maximum atomic E-state index is 13.2. The van der Waals surface area contributed by atoms with Gasteiger partial charge in [0, 0.05) is 17.1 Å². The Morgan fingerprint density at radius 3 is 2.59 bits per heavy atom. The molecule has 0 unspecified atom stereocenters. The van der Waals surface area contributed by atoms with Gasteiger partial charge in [0.15, 0.2) is 0 Å². The normalized spacial score (nSPS) is 15.4. The Labute approximate surface area is 164 Å². The van der Waals surface area contributed by atoms with Crippen LogP contribution in [0.5, 0.6) is 0 Å². The van der Waals surface area contributed by atoms with Gasteiger partial charge >= 0.3 is 0 Å². The molecule has 0 bridgehead atoms. The molecule has 1 aliphatic heterocycles. The average Bonchev–Trinajstić information content (AvgIpc) is 3.36. The SMILES string of the molecule is Cc1ccc([C@H](N[C@H](C)C(=O)N2CCc3ccccc32)c2cccs2)cc1. The highest BCUT2D eigenvalue weighted by molar-refractivity contribution is 7.10. The molecule has 3 nitrogen and oxygen atoms in total. The average molecular weight is 377 g/mol. The van der Waals surface area contributed by atoms with Crippen LogP contribution < -0.4 is 10.2 Å². The predicted molar refractivity (Wildman–Crippen MR) is 112 cm³/mol. The van der Waals surface area contributed by atoms with Crippen molar-refractivity contribution in [3.05, 3.63) is 87.6 Å². The molecule has 0 spiro atoms. The van der Waals surface area contributed by atoms with Crippen molar-refractivity contribution in [3.63, 3.8) is 0 Å². The van der Waals surface area contributed by atoms with Crippen molar-refractivity contribution in [2.75, 3.05) is 11.4 Å². The largest absolute Gasteiger partial charge is 0.310 e. The minimum atomic E-state index is -0.274. The molecule has 0 aliphatic carbocycles. The Morgan fingerprint density at radius 2 is 1.85 bits per heavy atom. The Kier molecular flexibility index (Phi) is 5.10. The molecule has 4 rings (SSSR count). The number of amides is 1. The number of para-hydroxylation sites is 1. The predicted octanol–water partition coefficient (Wildman–Crippen LogP) is 4.71. The highest BCUT2D eigenvalue weighted by Crippen LogP contribution is 2.30. The van der Waals surface area contributed by atoms with Crippen LogP contribution in [-0.4, -0.2) is 18.5 Å². The lowest BCUT2D eigenvalue weighted by Gasteiger charge is -2.26. The second-order valence-electron chi connectivity index (χ2n) is 7.12. The number of thiophene rings is 1. The number of carbonyl (C=O) groups excluding carboxylic acids is 1. The van der Waals surface area contributed by atoms with Gasteiger partial charge in [0.1, 0.15) is 0 Å². The minimum absolute atomic E-state index is 0.0161. The first-order valence-corrected chi connectivity index (χ1v) is 10.3. The molecule has 1 aromatic heterocycles. The number of aryl methyl sites for hydroxylation is 1. The lowest BCUT2D eigenvalue weighted by atomic mass is 10.0. The quantitative estimate of drug-likeness (QED) is 0.699. The molecular weight excluding hydrogens is 352 g/mol. The number of fused-ring (bicyclic) bond motifs is 1. The van der Waals surface area contributed by atoms with E-state index < -0.39 is 0 Å². The van der Waals surface area contributed by atoms with Gasteiger partial charge in [-0.15, -0.1) is 11.3 Å². The summed E-state index contributed by atoms with van der Waals surface area (Å²) in [7, 11) is 0. The summed E-state index contributed by atoms with van der Waals surface area (Å²) in [6.45, 7) is 4.82. The highest BCUT2D eigenvalue weighted by Gasteiger charge is 2.29. The van der Waals surface area contributed by atoms with Crippen molar-refractivity contribution in [1.82, 2.24) is 5.32 Å². The van der Waals surface area contributed by atoms with Crippen molar-refractivity contribution in [2.45, 2.75) is 32.4 Å². The van der Waals surface area contributed by atoms with Crippen LogP contribution in [0.2, 0.25) is 0 Å². The molecule has 1 aliphatic rings. The first-order valence-electron chi connectivity index (χ1n) is 9.39. The first-order chi connectivity index (χ1) is 13.1. The van der Waals surface area contributed by atoms with Crippen LogP contribution in [0.1, 0.15) is 34.5 Å². The van der Waals surface area contributed by atoms with Gasteiger partial charge in [0.25, 0.3) is 0 Å². The van der Waals surface area contributed by atoms with Crippen LogP contribution in [-0.2, 0) is 11.2 Å². The van der Waals surface area contributed by atoms with E-state index in [1.807, 2.05) is 30.0 Å². The Balaban J connectivity index is 1.56.